The number of hydrogen-bond acceptors (Lipinski definition) is 6. The first-order valence-corrected chi connectivity index (χ1v) is 9.09. The molecule has 0 aliphatic carbocycles. The molecule has 0 aliphatic heterocycles. The van der Waals surface area contributed by atoms with E-state index < -0.39 is 41.1 Å². The van der Waals surface area contributed by atoms with E-state index in [-0.39, 0.29) is 0 Å². The molecule has 1 aromatic heterocycles. The second kappa shape index (κ2) is 9.37. The lowest BCUT2D eigenvalue weighted by atomic mass is 10.1. The molecule has 0 radical (unpaired) electrons. The third-order valence-electron chi connectivity index (χ3n) is 4.30. The molecule has 0 unspecified atom stereocenters. The number of hydrogen-bond donors (Lipinski definition) is 3. The number of carbonyl (C=O) groups excluding carboxylic acids is 2. The van der Waals surface area contributed by atoms with E-state index in [1.807, 2.05) is 65.6 Å². The number of rotatable bonds is 7. The van der Waals surface area contributed by atoms with Crippen LogP contribution >= 0.6 is 0 Å². The zero-order valence-corrected chi connectivity index (χ0v) is 16.0. The Morgan fingerprint density at radius 3 is 1.93 bits per heavy atom. The molecule has 154 valence electrons. The number of nitrogen functional groups attached to an aromatic ring is 1. The number of ether oxygens (including phenoxy) is 1. The Kier molecular flexibility index (Phi) is 6.43. The number of H-pyrrole nitrogens is 2. The average molecular weight is 408 g/mol. The van der Waals surface area contributed by atoms with Gasteiger partial charge in [-0.3, -0.25) is 19.6 Å². The number of nitrogens with zero attached hydrogens (tertiary/aromatic N) is 1. The fourth-order valence-electron chi connectivity index (χ4n) is 2.79. The van der Waals surface area contributed by atoms with Crippen LogP contribution in [0.25, 0.3) is 0 Å². The molecule has 0 saturated heterocycles. The maximum Gasteiger partial charge on any atom is 0.357 e. The highest BCUT2D eigenvalue weighted by Gasteiger charge is 2.20. The summed E-state index contributed by atoms with van der Waals surface area (Å²) in [5.74, 6) is -1.51. The number of carbonyl (C=O) groups is 2. The summed E-state index contributed by atoms with van der Waals surface area (Å²) < 4.78 is 5.00. The van der Waals surface area contributed by atoms with Crippen molar-refractivity contribution in [1.29, 1.82) is 0 Å². The topological polar surface area (TPSA) is 138 Å². The lowest BCUT2D eigenvalue weighted by Gasteiger charge is -2.23. The number of amides is 1. The van der Waals surface area contributed by atoms with E-state index >= 15 is 0 Å². The Morgan fingerprint density at radius 1 is 0.867 bits per heavy atom. The van der Waals surface area contributed by atoms with Crippen LogP contribution in [0, 0.1) is 0 Å². The average Bonchev–Trinajstić information content (AvgIpc) is 2.75. The minimum Gasteiger partial charge on any atom is -0.451 e. The van der Waals surface area contributed by atoms with Crippen molar-refractivity contribution in [1.82, 2.24) is 14.9 Å². The highest BCUT2D eigenvalue weighted by Crippen LogP contribution is 2.11. The van der Waals surface area contributed by atoms with Gasteiger partial charge < -0.3 is 15.4 Å². The van der Waals surface area contributed by atoms with Crippen LogP contribution in [-0.4, -0.2) is 33.4 Å². The van der Waals surface area contributed by atoms with E-state index in [4.69, 9.17) is 10.5 Å². The molecular formula is C21H20N4O5. The van der Waals surface area contributed by atoms with Crippen LogP contribution in [0.2, 0.25) is 0 Å². The Balaban J connectivity index is 1.73. The third kappa shape index (κ3) is 5.22. The molecule has 4 N–H and O–H groups in total. The summed E-state index contributed by atoms with van der Waals surface area (Å²) in [5.41, 5.74) is 4.55. The predicted octanol–water partition coefficient (Wildman–Crippen LogP) is 1.03. The molecule has 3 aromatic rings. The molecule has 0 aliphatic rings. The molecule has 2 aromatic carbocycles. The van der Waals surface area contributed by atoms with Crippen LogP contribution in [-0.2, 0) is 22.6 Å². The number of aromatic amines is 2. The van der Waals surface area contributed by atoms with Gasteiger partial charge in [-0.25, -0.2) is 9.59 Å². The van der Waals surface area contributed by atoms with E-state index in [0.717, 1.165) is 11.1 Å². The minimum atomic E-state index is -1.07. The van der Waals surface area contributed by atoms with Crippen LogP contribution < -0.4 is 17.0 Å². The highest BCUT2D eigenvalue weighted by atomic mass is 16.5. The van der Waals surface area contributed by atoms with E-state index in [2.05, 4.69) is 4.98 Å². The van der Waals surface area contributed by atoms with Crippen molar-refractivity contribution in [2.45, 2.75) is 13.1 Å². The van der Waals surface area contributed by atoms with Gasteiger partial charge in [0, 0.05) is 13.1 Å². The molecule has 0 fully saturated rings. The van der Waals surface area contributed by atoms with Gasteiger partial charge >= 0.3 is 11.7 Å². The lowest BCUT2D eigenvalue weighted by Crippen LogP contribution is -2.35. The Labute approximate surface area is 171 Å². The normalized spacial score (nSPS) is 10.4. The van der Waals surface area contributed by atoms with Crippen molar-refractivity contribution in [3.63, 3.8) is 0 Å². The quantitative estimate of drug-likeness (QED) is 0.499. The molecule has 0 saturated carbocycles. The first-order chi connectivity index (χ1) is 14.4. The number of anilines is 1. The zero-order chi connectivity index (χ0) is 21.5. The Morgan fingerprint density at radius 2 is 1.40 bits per heavy atom. The first kappa shape index (κ1) is 20.6. The second-order valence-corrected chi connectivity index (χ2v) is 6.49. The molecule has 9 nitrogen and oxygen atoms in total. The summed E-state index contributed by atoms with van der Waals surface area (Å²) in [5, 5.41) is 0. The molecule has 1 amide bonds. The number of benzene rings is 2. The maximum atomic E-state index is 12.8. The van der Waals surface area contributed by atoms with Crippen LogP contribution in [0.15, 0.2) is 70.3 Å². The smallest absolute Gasteiger partial charge is 0.357 e. The number of aromatic nitrogens is 2. The molecule has 9 heteroatoms. The van der Waals surface area contributed by atoms with Crippen molar-refractivity contribution >= 4 is 17.6 Å². The number of nitrogens with two attached hydrogens (primary N) is 1. The van der Waals surface area contributed by atoms with Gasteiger partial charge in [-0.15, -0.1) is 0 Å². The van der Waals surface area contributed by atoms with Crippen molar-refractivity contribution in [3.05, 3.63) is 98.3 Å². The zero-order valence-electron chi connectivity index (χ0n) is 16.0. The fraction of sp³-hybridized carbons (Fsp3) is 0.143. The molecule has 3 rings (SSSR count). The van der Waals surface area contributed by atoms with Gasteiger partial charge in [-0.2, -0.15) is 0 Å². The molecule has 1 heterocycles. The lowest BCUT2D eigenvalue weighted by molar-refractivity contribution is -0.135. The van der Waals surface area contributed by atoms with Crippen molar-refractivity contribution < 1.29 is 14.3 Å². The summed E-state index contributed by atoms with van der Waals surface area (Å²) in [6, 6.07) is 18.8. The molecular weight excluding hydrogens is 388 g/mol. The van der Waals surface area contributed by atoms with Gasteiger partial charge in [0.2, 0.25) is 0 Å². The summed E-state index contributed by atoms with van der Waals surface area (Å²) in [7, 11) is 0. The van der Waals surface area contributed by atoms with E-state index in [1.54, 1.807) is 4.90 Å². The van der Waals surface area contributed by atoms with Gasteiger partial charge in [0.25, 0.3) is 11.5 Å². The second-order valence-electron chi connectivity index (χ2n) is 6.49. The standard InChI is InChI=1S/C21H20N4O5/c22-17-18(23-21(29)24-19(17)27)20(28)30-13-16(26)25(11-14-7-3-1-4-8-14)12-15-9-5-2-6-10-15/h1-10H,11-13,22H2,(H2,23,24,27,29). The third-order valence-corrected chi connectivity index (χ3v) is 4.30. The highest BCUT2D eigenvalue weighted by molar-refractivity contribution is 5.93. The van der Waals surface area contributed by atoms with Crippen LogP contribution in [0.4, 0.5) is 5.69 Å². The van der Waals surface area contributed by atoms with Gasteiger partial charge in [-0.05, 0) is 11.1 Å². The van der Waals surface area contributed by atoms with Crippen LogP contribution in [0.1, 0.15) is 21.6 Å². The number of esters is 1. The SMILES string of the molecule is Nc1c(C(=O)OCC(=O)N(Cc2ccccc2)Cc2ccccc2)[nH]c(=O)[nH]c1=O. The first-order valence-electron chi connectivity index (χ1n) is 9.09. The fourth-order valence-corrected chi connectivity index (χ4v) is 2.79. The van der Waals surface area contributed by atoms with Gasteiger partial charge in [0.1, 0.15) is 5.69 Å². The van der Waals surface area contributed by atoms with Gasteiger partial charge in [-0.1, -0.05) is 60.7 Å². The van der Waals surface area contributed by atoms with Crippen LogP contribution in [0.5, 0.6) is 0 Å². The molecule has 0 spiro atoms. The number of nitrogens with one attached hydrogen (secondary N) is 2. The minimum absolute atomic E-state index is 0.316. The van der Waals surface area contributed by atoms with Crippen molar-refractivity contribution in [2.24, 2.45) is 0 Å². The van der Waals surface area contributed by atoms with Crippen LogP contribution in [0.3, 0.4) is 0 Å². The van der Waals surface area contributed by atoms with Crippen molar-refractivity contribution in [2.75, 3.05) is 12.3 Å². The summed E-state index contributed by atoms with van der Waals surface area (Å²) in [6.45, 7) is 0.0545. The van der Waals surface area contributed by atoms with Gasteiger partial charge in [0.15, 0.2) is 12.3 Å². The van der Waals surface area contributed by atoms with E-state index in [9.17, 15) is 19.2 Å². The molecule has 0 bridgehead atoms. The summed E-state index contributed by atoms with van der Waals surface area (Å²) >= 11 is 0. The predicted molar refractivity (Wildman–Crippen MR) is 110 cm³/mol. The van der Waals surface area contributed by atoms with E-state index in [1.165, 1.54) is 0 Å². The molecule has 0 atom stereocenters. The maximum absolute atomic E-state index is 12.8. The Bertz CT molecular complexity index is 1100. The summed E-state index contributed by atoms with van der Waals surface area (Å²) in [4.78, 5) is 53.5. The molecule has 30 heavy (non-hydrogen) atoms. The largest absolute Gasteiger partial charge is 0.451 e. The summed E-state index contributed by atoms with van der Waals surface area (Å²) in [6.07, 6.45) is 0. The Hall–Kier alpha value is -4.14. The van der Waals surface area contributed by atoms with E-state index in [0.29, 0.717) is 13.1 Å². The van der Waals surface area contributed by atoms with Gasteiger partial charge in [0.05, 0.1) is 0 Å². The monoisotopic (exact) mass is 408 g/mol. The van der Waals surface area contributed by atoms with Crippen molar-refractivity contribution in [3.8, 4) is 0 Å².